The fourth-order valence-corrected chi connectivity index (χ4v) is 3.97. The molecule has 0 aliphatic carbocycles. The number of phenolic OH excluding ortho intramolecular Hbond substituents is 1. The Morgan fingerprint density at radius 3 is 2.80 bits per heavy atom. The van der Waals surface area contributed by atoms with E-state index in [9.17, 15) is 14.7 Å². The molecule has 3 rings (SSSR count). The van der Waals surface area contributed by atoms with Crippen LogP contribution in [0.5, 0.6) is 5.75 Å². The van der Waals surface area contributed by atoms with Gasteiger partial charge in [-0.25, -0.2) is 0 Å². The number of phenols is 1. The normalized spacial score (nSPS) is 25.8. The molecule has 1 saturated heterocycles. The van der Waals surface area contributed by atoms with Crippen molar-refractivity contribution in [3.05, 3.63) is 29.3 Å². The van der Waals surface area contributed by atoms with Crippen molar-refractivity contribution < 1.29 is 14.7 Å². The number of rotatable bonds is 3. The Hall–Kier alpha value is -2.08. The first-order chi connectivity index (χ1) is 11.7. The van der Waals surface area contributed by atoms with Gasteiger partial charge in [0.05, 0.1) is 12.1 Å². The monoisotopic (exact) mass is 345 g/mol. The van der Waals surface area contributed by atoms with E-state index in [1.165, 1.54) is 0 Å². The molecule has 2 amide bonds. The lowest BCUT2D eigenvalue weighted by molar-refractivity contribution is -0.137. The molecule has 0 bridgehead atoms. The third-order valence-electron chi connectivity index (χ3n) is 5.38. The Morgan fingerprint density at radius 1 is 1.40 bits per heavy atom. The molecule has 0 aromatic heterocycles. The summed E-state index contributed by atoms with van der Waals surface area (Å²) >= 11 is 0. The van der Waals surface area contributed by atoms with Crippen LogP contribution in [0.15, 0.2) is 18.2 Å². The lowest BCUT2D eigenvalue weighted by Gasteiger charge is -2.27. The van der Waals surface area contributed by atoms with E-state index in [0.717, 1.165) is 17.5 Å². The van der Waals surface area contributed by atoms with Gasteiger partial charge >= 0.3 is 0 Å². The average molecular weight is 345 g/mol. The molecule has 2 aliphatic heterocycles. The van der Waals surface area contributed by atoms with E-state index < -0.39 is 6.04 Å². The van der Waals surface area contributed by atoms with Gasteiger partial charge in [-0.3, -0.25) is 9.59 Å². The number of aromatic hydroxyl groups is 1. The predicted molar refractivity (Wildman–Crippen MR) is 95.1 cm³/mol. The zero-order chi connectivity index (χ0) is 18.4. The highest BCUT2D eigenvalue weighted by molar-refractivity contribution is 5.91. The first-order valence-electron chi connectivity index (χ1n) is 8.82. The summed E-state index contributed by atoms with van der Waals surface area (Å²) in [6.07, 6.45) is 1.20. The molecule has 6 heteroatoms. The number of benzene rings is 1. The van der Waals surface area contributed by atoms with Crippen molar-refractivity contribution in [2.24, 2.45) is 5.41 Å². The van der Waals surface area contributed by atoms with Crippen LogP contribution < -0.4 is 10.6 Å². The van der Waals surface area contributed by atoms with Crippen LogP contribution >= 0.6 is 0 Å². The Morgan fingerprint density at radius 2 is 2.12 bits per heavy atom. The average Bonchev–Trinajstić information content (AvgIpc) is 2.83. The predicted octanol–water partition coefficient (Wildman–Crippen LogP) is 1.34. The molecular formula is C19H27N3O3. The highest BCUT2D eigenvalue weighted by Crippen LogP contribution is 2.47. The van der Waals surface area contributed by atoms with E-state index in [1.54, 1.807) is 26.1 Å². The zero-order valence-corrected chi connectivity index (χ0v) is 15.3. The number of fused-ring (bicyclic) bond motifs is 3. The smallest absolute Gasteiger partial charge is 0.246 e. The number of amides is 2. The molecule has 3 atom stereocenters. The molecular weight excluding hydrogens is 318 g/mol. The maximum atomic E-state index is 13.2. The second-order valence-corrected chi connectivity index (χ2v) is 7.98. The number of carbonyl (C=O) groups excluding carboxylic acids is 2. The molecule has 3 N–H and O–H groups in total. The number of hydrogen-bond acceptors (Lipinski definition) is 4. The van der Waals surface area contributed by atoms with Gasteiger partial charge in [0.15, 0.2) is 0 Å². The highest BCUT2D eigenvalue weighted by atomic mass is 16.3. The minimum atomic E-state index is -0.609. The summed E-state index contributed by atoms with van der Waals surface area (Å²) in [6, 6.07) is 4.30. The molecule has 25 heavy (non-hydrogen) atoms. The Balaban J connectivity index is 1.99. The molecule has 0 radical (unpaired) electrons. The van der Waals surface area contributed by atoms with E-state index in [-0.39, 0.29) is 35.1 Å². The lowest BCUT2D eigenvalue weighted by atomic mass is 9.86. The third-order valence-corrected chi connectivity index (χ3v) is 5.38. The quantitative estimate of drug-likeness (QED) is 0.772. The van der Waals surface area contributed by atoms with E-state index in [0.29, 0.717) is 13.0 Å². The second kappa shape index (κ2) is 6.33. The maximum absolute atomic E-state index is 13.2. The summed E-state index contributed by atoms with van der Waals surface area (Å²) in [6.45, 7) is 6.65. The molecule has 6 nitrogen and oxygen atoms in total. The lowest BCUT2D eigenvalue weighted by Crippen LogP contribution is -2.52. The fourth-order valence-electron chi connectivity index (χ4n) is 3.97. The number of nitrogens with zero attached hydrogens (tertiary/aromatic N) is 1. The van der Waals surface area contributed by atoms with Crippen molar-refractivity contribution in [2.45, 2.75) is 51.7 Å². The van der Waals surface area contributed by atoms with Crippen molar-refractivity contribution in [1.29, 1.82) is 0 Å². The van der Waals surface area contributed by atoms with Crippen LogP contribution in [0.3, 0.4) is 0 Å². The minimum Gasteiger partial charge on any atom is -0.508 e. The number of likely N-dealkylation sites (N-methyl/N-ethyl adjacent to an activating group) is 1. The van der Waals surface area contributed by atoms with Crippen molar-refractivity contribution >= 4 is 11.8 Å². The van der Waals surface area contributed by atoms with Gasteiger partial charge in [-0.15, -0.1) is 0 Å². The molecule has 2 heterocycles. The van der Waals surface area contributed by atoms with Crippen molar-refractivity contribution in [1.82, 2.24) is 15.5 Å². The van der Waals surface area contributed by atoms with Crippen LogP contribution in [0, 0.1) is 5.41 Å². The first kappa shape index (κ1) is 17.7. The van der Waals surface area contributed by atoms with Crippen molar-refractivity contribution in [3.8, 4) is 5.75 Å². The summed E-state index contributed by atoms with van der Waals surface area (Å²) in [7, 11) is 1.71. The van der Waals surface area contributed by atoms with Gasteiger partial charge in [-0.2, -0.15) is 0 Å². The first-order valence-corrected chi connectivity index (χ1v) is 8.82. The summed E-state index contributed by atoms with van der Waals surface area (Å²) in [5.41, 5.74) is 1.74. The molecule has 1 aromatic carbocycles. The number of hydrogen-bond donors (Lipinski definition) is 3. The Bertz CT molecular complexity index is 701. The molecule has 2 aliphatic rings. The van der Waals surface area contributed by atoms with Crippen molar-refractivity contribution in [3.63, 3.8) is 0 Å². The summed E-state index contributed by atoms with van der Waals surface area (Å²) < 4.78 is 0. The molecule has 0 saturated carbocycles. The van der Waals surface area contributed by atoms with Crippen LogP contribution in [-0.2, 0) is 16.0 Å². The summed E-state index contributed by atoms with van der Waals surface area (Å²) in [4.78, 5) is 27.3. The van der Waals surface area contributed by atoms with Gasteiger partial charge in [-0.1, -0.05) is 26.0 Å². The van der Waals surface area contributed by atoms with Crippen LogP contribution in [0.25, 0.3) is 0 Å². The third kappa shape index (κ3) is 3.23. The summed E-state index contributed by atoms with van der Waals surface area (Å²) in [5, 5.41) is 16.2. The van der Waals surface area contributed by atoms with E-state index in [1.807, 2.05) is 11.0 Å². The number of carbonyl (C=O) groups is 2. The van der Waals surface area contributed by atoms with Crippen LogP contribution in [-0.4, -0.2) is 47.5 Å². The van der Waals surface area contributed by atoms with Crippen LogP contribution in [0.1, 0.15) is 44.4 Å². The Labute approximate surface area is 148 Å². The molecule has 1 aromatic rings. The molecule has 136 valence electrons. The highest BCUT2D eigenvalue weighted by Gasteiger charge is 2.46. The zero-order valence-electron chi connectivity index (χ0n) is 15.3. The van der Waals surface area contributed by atoms with Gasteiger partial charge in [-0.05, 0) is 37.4 Å². The molecule has 0 unspecified atom stereocenters. The fraction of sp³-hybridized carbons (Fsp3) is 0.579. The minimum absolute atomic E-state index is 0.0238. The maximum Gasteiger partial charge on any atom is 0.246 e. The largest absolute Gasteiger partial charge is 0.508 e. The van der Waals surface area contributed by atoms with Crippen molar-refractivity contribution in [2.75, 3.05) is 13.6 Å². The molecule has 0 spiro atoms. The number of nitrogens with one attached hydrogen (secondary N) is 2. The van der Waals surface area contributed by atoms with Crippen LogP contribution in [0.2, 0.25) is 0 Å². The SMILES string of the molecule is CN[C@@H](C)C(=O)N[C@H]1Cc2cccc(O)c2[C@H]2CC(C)(C)CN2C1=O. The Kier molecular flexibility index (Phi) is 4.49. The van der Waals surface area contributed by atoms with E-state index in [4.69, 9.17) is 0 Å². The van der Waals surface area contributed by atoms with Gasteiger partial charge in [0.2, 0.25) is 11.8 Å². The van der Waals surface area contributed by atoms with Gasteiger partial charge in [0.25, 0.3) is 0 Å². The van der Waals surface area contributed by atoms with Gasteiger partial charge < -0.3 is 20.6 Å². The standard InChI is InChI=1S/C19H27N3O3/c1-11(20-4)17(24)21-13-8-12-6-5-7-15(23)16(12)14-9-19(2,3)10-22(14)18(13)25/h5-7,11,13-14,20,23H,8-10H2,1-4H3,(H,21,24)/t11-,13-,14+/m0/s1. The van der Waals surface area contributed by atoms with Gasteiger partial charge in [0.1, 0.15) is 11.8 Å². The summed E-state index contributed by atoms with van der Waals surface area (Å²) in [5.74, 6) is -0.0316. The van der Waals surface area contributed by atoms with Crippen LogP contribution in [0.4, 0.5) is 0 Å². The second-order valence-electron chi connectivity index (χ2n) is 7.98. The van der Waals surface area contributed by atoms with E-state index >= 15 is 0 Å². The topological polar surface area (TPSA) is 81.7 Å². The van der Waals surface area contributed by atoms with Gasteiger partial charge in [0, 0.05) is 18.5 Å². The molecule has 1 fully saturated rings. The van der Waals surface area contributed by atoms with E-state index in [2.05, 4.69) is 24.5 Å².